The van der Waals surface area contributed by atoms with E-state index in [1.165, 1.54) is 0 Å². The maximum Gasteiger partial charge on any atom is 1.00 e. The van der Waals surface area contributed by atoms with Gasteiger partial charge in [0.25, 0.3) is 7.82 Å². The Labute approximate surface area is 76.0 Å². The summed E-state index contributed by atoms with van der Waals surface area (Å²) in [6, 6.07) is 0. The monoisotopic (exact) mass is 165 g/mol. The van der Waals surface area contributed by atoms with Gasteiger partial charge in [0.05, 0.1) is 0 Å². The summed E-state index contributed by atoms with van der Waals surface area (Å²) in [5.41, 5.74) is 0. The number of hydrogen-bond donors (Lipinski definition) is 3. The van der Waals surface area contributed by atoms with Crippen LogP contribution in [0.5, 0.6) is 0 Å². The van der Waals surface area contributed by atoms with Crippen LogP contribution in [0.15, 0.2) is 0 Å². The predicted octanol–water partition coefficient (Wildman–Crippen LogP) is -4.72. The van der Waals surface area contributed by atoms with E-state index in [4.69, 9.17) is 19.2 Å². The van der Waals surface area contributed by atoms with Crippen molar-refractivity contribution in [1.82, 2.24) is 5.32 Å². The first-order valence-electron chi connectivity index (χ1n) is 1.77. The van der Waals surface area contributed by atoms with Crippen LogP contribution in [0.3, 0.4) is 0 Å². The molecule has 0 aromatic heterocycles. The molecule has 3 N–H and O–H groups in total. The Balaban J connectivity index is -0.0000000800. The Bertz CT molecular complexity index is 74.4. The Morgan fingerprint density at radius 1 is 1.44 bits per heavy atom. The Kier molecular flexibility index (Phi) is 16.7. The molecule has 9 heavy (non-hydrogen) atoms. The molecule has 0 unspecified atom stereocenters. The number of phosphoric acid groups is 1. The van der Waals surface area contributed by atoms with Gasteiger partial charge in [0.1, 0.15) is 0 Å². The minimum absolute atomic E-state index is 0. The van der Waals surface area contributed by atoms with Crippen molar-refractivity contribution in [3.63, 3.8) is 0 Å². The zero-order valence-electron chi connectivity index (χ0n) is 5.66. The van der Waals surface area contributed by atoms with Gasteiger partial charge in [0.15, 0.2) is 0 Å². The molecular formula is C2H9NNaO4P. The largest absolute Gasteiger partial charge is 1.00 e. The van der Waals surface area contributed by atoms with Gasteiger partial charge >= 0.3 is 29.6 Å². The second-order valence-corrected chi connectivity index (χ2v) is 1.97. The van der Waals surface area contributed by atoms with Gasteiger partial charge in [-0.1, -0.05) is 0 Å². The van der Waals surface area contributed by atoms with Crippen LogP contribution in [-0.2, 0) is 4.57 Å². The van der Waals surface area contributed by atoms with Gasteiger partial charge in [-0.15, -0.1) is 0 Å². The van der Waals surface area contributed by atoms with E-state index >= 15 is 0 Å². The molecule has 0 saturated carbocycles. The maximum absolute atomic E-state index is 8.77. The maximum atomic E-state index is 8.77. The molecule has 0 heterocycles. The van der Waals surface area contributed by atoms with Gasteiger partial charge in [0, 0.05) is 0 Å². The van der Waals surface area contributed by atoms with Crippen molar-refractivity contribution >= 4 is 7.82 Å². The first-order valence-corrected chi connectivity index (χ1v) is 3.30. The van der Waals surface area contributed by atoms with E-state index in [9.17, 15) is 0 Å². The number of nitrogens with one attached hydrogen (secondary N) is 1. The fourth-order valence-electron chi connectivity index (χ4n) is 0. The van der Waals surface area contributed by atoms with E-state index in [0.717, 1.165) is 0 Å². The average molecular weight is 165 g/mol. The molecule has 0 aromatic carbocycles. The Hall–Kier alpha value is 1.07. The van der Waals surface area contributed by atoms with E-state index in [1.807, 2.05) is 14.1 Å². The normalized spacial score (nSPS) is 8.56. The number of rotatable bonds is 0. The SMILES string of the molecule is CNC.O=P([O-])(O)O.[Na+]. The molecule has 0 bridgehead atoms. The van der Waals surface area contributed by atoms with E-state index in [0.29, 0.717) is 0 Å². The van der Waals surface area contributed by atoms with Crippen LogP contribution >= 0.6 is 7.82 Å². The molecule has 5 nitrogen and oxygen atoms in total. The van der Waals surface area contributed by atoms with Gasteiger partial charge in [-0.25, -0.2) is 0 Å². The van der Waals surface area contributed by atoms with Gasteiger partial charge in [0.2, 0.25) is 0 Å². The molecule has 0 radical (unpaired) electrons. The van der Waals surface area contributed by atoms with Crippen molar-refractivity contribution in [2.45, 2.75) is 0 Å². The number of hydrogen-bond acceptors (Lipinski definition) is 3. The zero-order chi connectivity index (χ0) is 7.21. The Morgan fingerprint density at radius 2 is 1.44 bits per heavy atom. The predicted molar refractivity (Wildman–Crippen MR) is 27.0 cm³/mol. The summed E-state index contributed by atoms with van der Waals surface area (Å²) in [6.07, 6.45) is 0. The van der Waals surface area contributed by atoms with Crippen LogP contribution in [0.4, 0.5) is 0 Å². The summed E-state index contributed by atoms with van der Waals surface area (Å²) >= 11 is 0. The minimum atomic E-state index is -4.89. The third-order valence-corrected chi connectivity index (χ3v) is 0. The fourth-order valence-corrected chi connectivity index (χ4v) is 0. The molecule has 0 aromatic rings. The first kappa shape index (κ1) is 16.6. The third-order valence-electron chi connectivity index (χ3n) is 0. The van der Waals surface area contributed by atoms with Gasteiger partial charge < -0.3 is 20.0 Å². The first-order chi connectivity index (χ1) is 3.41. The molecule has 52 valence electrons. The third kappa shape index (κ3) is 396. The second-order valence-electron chi connectivity index (χ2n) is 0.991. The molecule has 0 aliphatic rings. The summed E-state index contributed by atoms with van der Waals surface area (Å²) in [5, 5.41) is 2.75. The minimum Gasteiger partial charge on any atom is -0.756 e. The standard InChI is InChI=1S/C2H7N.Na.H3O4P/c1-3-2;;1-5(2,3)4/h3H,1-2H3;;(H3,1,2,3,4)/q;+1;/p-1. The van der Waals surface area contributed by atoms with Crippen molar-refractivity contribution in [3.8, 4) is 0 Å². The second kappa shape index (κ2) is 9.07. The van der Waals surface area contributed by atoms with Gasteiger partial charge in [-0.3, -0.25) is 4.57 Å². The molecule has 0 aliphatic carbocycles. The van der Waals surface area contributed by atoms with Crippen LogP contribution < -0.4 is 39.8 Å². The summed E-state index contributed by atoms with van der Waals surface area (Å²) in [4.78, 5) is 22.9. The topological polar surface area (TPSA) is 92.6 Å². The molecule has 0 fully saturated rings. The van der Waals surface area contributed by atoms with Crippen LogP contribution in [0.25, 0.3) is 0 Å². The molecule has 0 rings (SSSR count). The van der Waals surface area contributed by atoms with Crippen LogP contribution in [0.1, 0.15) is 0 Å². The smallest absolute Gasteiger partial charge is 0.756 e. The van der Waals surface area contributed by atoms with E-state index < -0.39 is 7.82 Å². The van der Waals surface area contributed by atoms with Crippen LogP contribution in [0.2, 0.25) is 0 Å². The van der Waals surface area contributed by atoms with Gasteiger partial charge in [-0.2, -0.15) is 0 Å². The van der Waals surface area contributed by atoms with Crippen molar-refractivity contribution in [3.05, 3.63) is 0 Å². The summed E-state index contributed by atoms with van der Waals surface area (Å²) in [6.45, 7) is 0. The van der Waals surface area contributed by atoms with Crippen molar-refractivity contribution in [1.29, 1.82) is 0 Å². The van der Waals surface area contributed by atoms with E-state index in [-0.39, 0.29) is 29.6 Å². The molecular weight excluding hydrogens is 156 g/mol. The fraction of sp³-hybridized carbons (Fsp3) is 1.00. The van der Waals surface area contributed by atoms with Crippen molar-refractivity contribution in [2.24, 2.45) is 0 Å². The van der Waals surface area contributed by atoms with Crippen LogP contribution in [0, 0.1) is 0 Å². The molecule has 0 amide bonds. The van der Waals surface area contributed by atoms with Crippen molar-refractivity contribution in [2.75, 3.05) is 14.1 Å². The summed E-state index contributed by atoms with van der Waals surface area (Å²) in [5.74, 6) is 0. The summed E-state index contributed by atoms with van der Waals surface area (Å²) < 4.78 is 8.77. The molecule has 7 heteroatoms. The zero-order valence-corrected chi connectivity index (χ0v) is 8.55. The quantitative estimate of drug-likeness (QED) is 0.247. The van der Waals surface area contributed by atoms with E-state index in [2.05, 4.69) is 5.32 Å². The summed E-state index contributed by atoms with van der Waals surface area (Å²) in [7, 11) is -1.14. The average Bonchev–Trinajstić information content (AvgIpc) is 1.27. The van der Waals surface area contributed by atoms with Crippen LogP contribution in [-0.4, -0.2) is 23.9 Å². The van der Waals surface area contributed by atoms with E-state index in [1.54, 1.807) is 0 Å². The molecule has 0 spiro atoms. The van der Waals surface area contributed by atoms with Gasteiger partial charge in [-0.05, 0) is 14.1 Å². The molecule has 0 atom stereocenters. The molecule has 0 saturated heterocycles. The molecule has 0 aliphatic heterocycles. The van der Waals surface area contributed by atoms with Crippen molar-refractivity contribution < 1.29 is 48.8 Å². The Morgan fingerprint density at radius 3 is 1.44 bits per heavy atom.